The van der Waals surface area contributed by atoms with Crippen LogP contribution < -0.4 is 0 Å². The molecule has 0 bridgehead atoms. The standard InChI is InChI=1S/C19H24F3NO3/c20-19(21,22)7-6-17(25)23-10-8-18(9-11-23)13-15(24)12-16(26-18)14-4-2-1-3-5-14/h1-5,15-16,24H,6-13H2/t15-,16+/m0/s1. The van der Waals surface area contributed by atoms with Gasteiger partial charge in [0.1, 0.15) is 0 Å². The predicted octanol–water partition coefficient (Wildman–Crippen LogP) is 3.60. The number of nitrogens with zero attached hydrogens (tertiary/aromatic N) is 1. The summed E-state index contributed by atoms with van der Waals surface area (Å²) in [6.07, 6.45) is -4.50. The Labute approximate surface area is 150 Å². The van der Waals surface area contributed by atoms with Crippen molar-refractivity contribution in [3.05, 3.63) is 35.9 Å². The second kappa shape index (κ2) is 7.56. The van der Waals surface area contributed by atoms with Crippen LogP contribution in [0.25, 0.3) is 0 Å². The summed E-state index contributed by atoms with van der Waals surface area (Å²) in [5.74, 6) is -0.465. The van der Waals surface area contributed by atoms with E-state index in [4.69, 9.17) is 4.74 Å². The Hall–Kier alpha value is -1.60. The third-order valence-electron chi connectivity index (χ3n) is 5.31. The van der Waals surface area contributed by atoms with E-state index in [1.807, 2.05) is 30.3 Å². The number of carbonyl (C=O) groups is 1. The molecule has 1 spiro atoms. The number of halogens is 3. The number of rotatable bonds is 3. The number of likely N-dealkylation sites (tertiary alicyclic amines) is 1. The van der Waals surface area contributed by atoms with E-state index >= 15 is 0 Å². The predicted molar refractivity (Wildman–Crippen MR) is 89.3 cm³/mol. The van der Waals surface area contributed by atoms with Gasteiger partial charge in [0.25, 0.3) is 0 Å². The van der Waals surface area contributed by atoms with Crippen molar-refractivity contribution in [3.63, 3.8) is 0 Å². The zero-order valence-corrected chi connectivity index (χ0v) is 14.5. The van der Waals surface area contributed by atoms with Crippen LogP contribution in [0.2, 0.25) is 0 Å². The molecule has 0 aromatic heterocycles. The molecule has 144 valence electrons. The van der Waals surface area contributed by atoms with Crippen LogP contribution in [0.4, 0.5) is 13.2 Å². The molecule has 3 rings (SSSR count). The summed E-state index contributed by atoms with van der Waals surface area (Å²) < 4.78 is 43.2. The largest absolute Gasteiger partial charge is 0.393 e. The van der Waals surface area contributed by atoms with Crippen LogP contribution in [0.15, 0.2) is 30.3 Å². The third kappa shape index (κ3) is 4.76. The van der Waals surface area contributed by atoms with E-state index < -0.39 is 36.6 Å². The van der Waals surface area contributed by atoms with Crippen LogP contribution in [0, 0.1) is 0 Å². The van der Waals surface area contributed by atoms with E-state index in [1.54, 1.807) is 0 Å². The topological polar surface area (TPSA) is 49.8 Å². The Morgan fingerprint density at radius 1 is 1.23 bits per heavy atom. The summed E-state index contributed by atoms with van der Waals surface area (Å²) in [7, 11) is 0. The number of hydrogen-bond donors (Lipinski definition) is 1. The Kier molecular flexibility index (Phi) is 5.58. The van der Waals surface area contributed by atoms with Gasteiger partial charge in [0.15, 0.2) is 0 Å². The van der Waals surface area contributed by atoms with E-state index in [9.17, 15) is 23.1 Å². The number of hydrogen-bond acceptors (Lipinski definition) is 3. The van der Waals surface area contributed by atoms with E-state index in [1.165, 1.54) is 4.90 Å². The minimum Gasteiger partial charge on any atom is -0.393 e. The van der Waals surface area contributed by atoms with Crippen LogP contribution in [-0.2, 0) is 9.53 Å². The molecular formula is C19H24F3NO3. The molecule has 1 aromatic rings. The molecule has 2 atom stereocenters. The van der Waals surface area contributed by atoms with Crippen LogP contribution in [-0.4, -0.2) is 46.9 Å². The number of aliphatic hydroxyl groups is 1. The third-order valence-corrected chi connectivity index (χ3v) is 5.31. The highest BCUT2D eigenvalue weighted by Gasteiger charge is 2.44. The van der Waals surface area contributed by atoms with Crippen molar-refractivity contribution in [3.8, 4) is 0 Å². The number of aliphatic hydroxyl groups excluding tert-OH is 1. The SMILES string of the molecule is O=C(CCC(F)(F)F)N1CCC2(CC1)C[C@@H](O)C[C@H](c1ccccc1)O2. The number of ether oxygens (including phenoxy) is 1. The molecule has 1 aromatic carbocycles. The normalized spacial score (nSPS) is 26.1. The fraction of sp³-hybridized carbons (Fsp3) is 0.632. The van der Waals surface area contributed by atoms with E-state index in [0.717, 1.165) is 5.56 Å². The van der Waals surface area contributed by atoms with Crippen LogP contribution in [0.1, 0.15) is 50.2 Å². The first-order chi connectivity index (χ1) is 12.3. The van der Waals surface area contributed by atoms with Crippen molar-refractivity contribution < 1.29 is 27.8 Å². The molecule has 0 saturated carbocycles. The maximum absolute atomic E-state index is 12.3. The molecule has 2 saturated heterocycles. The first-order valence-electron chi connectivity index (χ1n) is 9.02. The van der Waals surface area contributed by atoms with Crippen molar-refractivity contribution in [1.29, 1.82) is 0 Å². The first kappa shape index (κ1) is 19.2. The maximum Gasteiger partial charge on any atom is 0.389 e. The van der Waals surface area contributed by atoms with Gasteiger partial charge in [-0.05, 0) is 18.4 Å². The van der Waals surface area contributed by atoms with Crippen LogP contribution in [0.3, 0.4) is 0 Å². The van der Waals surface area contributed by atoms with Crippen LogP contribution in [0.5, 0.6) is 0 Å². The highest BCUT2D eigenvalue weighted by molar-refractivity contribution is 5.76. The molecule has 2 aliphatic heterocycles. The van der Waals surface area contributed by atoms with Crippen molar-refractivity contribution in [2.24, 2.45) is 0 Å². The van der Waals surface area contributed by atoms with Gasteiger partial charge in [0.2, 0.25) is 5.91 Å². The molecule has 2 heterocycles. The molecule has 2 fully saturated rings. The summed E-state index contributed by atoms with van der Waals surface area (Å²) >= 11 is 0. The summed E-state index contributed by atoms with van der Waals surface area (Å²) in [6, 6.07) is 9.70. The number of carbonyl (C=O) groups excluding carboxylic acids is 1. The monoisotopic (exact) mass is 371 g/mol. The first-order valence-corrected chi connectivity index (χ1v) is 9.02. The summed E-state index contributed by atoms with van der Waals surface area (Å²) in [6.45, 7) is 0.732. The molecule has 0 unspecified atom stereocenters. The molecule has 2 aliphatic rings. The van der Waals surface area contributed by atoms with Gasteiger partial charge in [-0.1, -0.05) is 30.3 Å². The van der Waals surface area contributed by atoms with Crippen LogP contribution >= 0.6 is 0 Å². The fourth-order valence-electron chi connectivity index (χ4n) is 3.92. The van der Waals surface area contributed by atoms with Crippen molar-refractivity contribution in [1.82, 2.24) is 4.90 Å². The smallest absolute Gasteiger partial charge is 0.389 e. The highest BCUT2D eigenvalue weighted by Crippen LogP contribution is 2.43. The molecular weight excluding hydrogens is 347 g/mol. The number of benzene rings is 1. The molecule has 0 radical (unpaired) electrons. The van der Waals surface area contributed by atoms with Crippen molar-refractivity contribution >= 4 is 5.91 Å². The molecule has 7 heteroatoms. The molecule has 0 aliphatic carbocycles. The van der Waals surface area contributed by atoms with E-state index in [2.05, 4.69) is 0 Å². The number of piperidine rings is 1. The molecule has 26 heavy (non-hydrogen) atoms. The zero-order valence-electron chi connectivity index (χ0n) is 14.5. The lowest BCUT2D eigenvalue weighted by Gasteiger charge is -2.48. The molecule has 1 N–H and O–H groups in total. The Balaban J connectivity index is 1.59. The van der Waals surface area contributed by atoms with Crippen molar-refractivity contribution in [2.45, 2.75) is 62.5 Å². The fourth-order valence-corrected chi connectivity index (χ4v) is 3.92. The Bertz CT molecular complexity index is 612. The average molecular weight is 371 g/mol. The number of alkyl halides is 3. The Morgan fingerprint density at radius 2 is 1.88 bits per heavy atom. The average Bonchev–Trinajstić information content (AvgIpc) is 2.60. The van der Waals surface area contributed by atoms with Gasteiger partial charge in [-0.15, -0.1) is 0 Å². The van der Waals surface area contributed by atoms with Gasteiger partial charge in [0.05, 0.1) is 24.2 Å². The van der Waals surface area contributed by atoms with E-state index in [-0.39, 0.29) is 6.10 Å². The van der Waals surface area contributed by atoms with Gasteiger partial charge in [-0.3, -0.25) is 4.79 Å². The summed E-state index contributed by atoms with van der Waals surface area (Å²) in [4.78, 5) is 13.5. The second-order valence-corrected chi connectivity index (χ2v) is 7.29. The minimum atomic E-state index is -4.31. The van der Waals surface area contributed by atoms with Gasteiger partial charge >= 0.3 is 6.18 Å². The van der Waals surface area contributed by atoms with E-state index in [0.29, 0.717) is 38.8 Å². The quantitative estimate of drug-likeness (QED) is 0.883. The van der Waals surface area contributed by atoms with Gasteiger partial charge < -0.3 is 14.7 Å². The lowest BCUT2D eigenvalue weighted by Crippen LogP contribution is -2.52. The maximum atomic E-state index is 12.3. The van der Waals surface area contributed by atoms with Gasteiger partial charge in [-0.25, -0.2) is 0 Å². The molecule has 4 nitrogen and oxygen atoms in total. The number of amides is 1. The Morgan fingerprint density at radius 3 is 2.50 bits per heavy atom. The van der Waals surface area contributed by atoms with Gasteiger partial charge in [-0.2, -0.15) is 13.2 Å². The minimum absolute atomic E-state index is 0.201. The lowest BCUT2D eigenvalue weighted by molar-refractivity contribution is -0.186. The molecule has 1 amide bonds. The summed E-state index contributed by atoms with van der Waals surface area (Å²) in [5.41, 5.74) is 0.494. The summed E-state index contributed by atoms with van der Waals surface area (Å²) in [5, 5.41) is 10.3. The second-order valence-electron chi connectivity index (χ2n) is 7.29. The highest BCUT2D eigenvalue weighted by atomic mass is 19.4. The van der Waals surface area contributed by atoms with Gasteiger partial charge in [0, 0.05) is 32.4 Å². The van der Waals surface area contributed by atoms with Crippen molar-refractivity contribution in [2.75, 3.05) is 13.1 Å². The zero-order chi connectivity index (χ0) is 18.8. The lowest BCUT2D eigenvalue weighted by atomic mass is 9.81.